The molecule has 0 aliphatic carbocycles. The van der Waals surface area contributed by atoms with Gasteiger partial charge in [-0.05, 0) is 73.2 Å². The Morgan fingerprint density at radius 1 is 0.571 bits per heavy atom. The van der Waals surface area contributed by atoms with Crippen LogP contribution < -0.4 is 54.4 Å². The van der Waals surface area contributed by atoms with Crippen molar-refractivity contribution in [2.45, 2.75) is 106 Å². The van der Waals surface area contributed by atoms with Crippen molar-refractivity contribution in [3.05, 3.63) is 138 Å². The van der Waals surface area contributed by atoms with Crippen LogP contribution in [-0.2, 0) is 64.0 Å². The number of anilines is 1. The largest absolute Gasteiger partial charge is 0.480 e. The highest BCUT2D eigenvalue weighted by atomic mass is 33.1. The van der Waals surface area contributed by atoms with E-state index in [1.165, 1.54) is 6.92 Å². The Labute approximate surface area is 453 Å². The topological polar surface area (TPSA) is 355 Å². The highest BCUT2D eigenvalue weighted by molar-refractivity contribution is 8.76. The first-order valence-corrected chi connectivity index (χ1v) is 27.7. The molecule has 77 heavy (non-hydrogen) atoms. The van der Waals surface area contributed by atoms with Crippen LogP contribution in [0, 0.1) is 0 Å². The van der Waals surface area contributed by atoms with E-state index in [1.807, 2.05) is 24.3 Å². The molecule has 0 unspecified atom stereocenters. The average molecular weight is 1090 g/mol. The summed E-state index contributed by atoms with van der Waals surface area (Å²) >= 11 is 0. The molecule has 4 aromatic carbocycles. The van der Waals surface area contributed by atoms with E-state index in [9.17, 15) is 48.6 Å². The number of nitrogens with two attached hydrogens (primary N) is 3. The van der Waals surface area contributed by atoms with Crippen LogP contribution in [0.2, 0.25) is 0 Å². The molecular formula is C54H67N11O10S2. The molecule has 0 saturated carbocycles. The lowest BCUT2D eigenvalue weighted by atomic mass is 10.00. The Morgan fingerprint density at radius 3 is 1.60 bits per heavy atom. The zero-order chi connectivity index (χ0) is 55.4. The summed E-state index contributed by atoms with van der Waals surface area (Å²) in [5, 5.41) is 40.8. The van der Waals surface area contributed by atoms with Crippen molar-refractivity contribution < 1.29 is 48.6 Å². The monoisotopic (exact) mass is 1090 g/mol. The SMILES string of the molecule is C[C@H](O)[C@@H]1NC(=O)[C@H](CCCCN)NC(=O)[C@H](Cc2c[nH]c3ccccc23)NC(=O)[C@H](Cc2ccc(N)cc2)NC(=O)[C@@H](Cc2ccccc2)NC(=O)[C@H](N)CSSC[C@@H](C(=O)O)NC(=O)[C@H](Cc2ccccc2)NC1=O. The molecule has 1 fully saturated rings. The average Bonchev–Trinajstić information content (AvgIpc) is 3.82. The third-order valence-electron chi connectivity index (χ3n) is 12.8. The molecule has 410 valence electrons. The number of carboxylic acids is 1. The van der Waals surface area contributed by atoms with Crippen LogP contribution in [0.4, 0.5) is 5.69 Å². The molecule has 7 amide bonds. The molecule has 1 aliphatic heterocycles. The van der Waals surface area contributed by atoms with Gasteiger partial charge < -0.3 is 69.6 Å². The van der Waals surface area contributed by atoms with Gasteiger partial charge in [0.2, 0.25) is 41.4 Å². The van der Waals surface area contributed by atoms with E-state index < -0.39 is 102 Å². The van der Waals surface area contributed by atoms with Crippen LogP contribution in [0.1, 0.15) is 48.4 Å². The number of aliphatic hydroxyl groups excluding tert-OH is 1. The van der Waals surface area contributed by atoms with E-state index in [4.69, 9.17) is 17.2 Å². The van der Waals surface area contributed by atoms with Crippen LogP contribution in [-0.4, -0.2) is 135 Å². The number of hydrogen-bond donors (Lipinski definition) is 13. The van der Waals surface area contributed by atoms with E-state index >= 15 is 0 Å². The summed E-state index contributed by atoms with van der Waals surface area (Å²) in [7, 11) is 2.06. The summed E-state index contributed by atoms with van der Waals surface area (Å²) in [5.41, 5.74) is 21.9. The van der Waals surface area contributed by atoms with Crippen molar-refractivity contribution in [1.29, 1.82) is 0 Å². The van der Waals surface area contributed by atoms with E-state index in [2.05, 4.69) is 42.2 Å². The molecule has 1 aromatic heterocycles. The Kier molecular flexibility index (Phi) is 22.3. The van der Waals surface area contributed by atoms with Gasteiger partial charge in [-0.25, -0.2) is 4.79 Å². The first-order valence-electron chi connectivity index (χ1n) is 25.2. The maximum Gasteiger partial charge on any atom is 0.327 e. The minimum atomic E-state index is -1.70. The molecule has 5 aromatic rings. The lowest BCUT2D eigenvalue weighted by Crippen LogP contribution is -2.62. The normalized spacial score (nSPS) is 23.5. The number of carboxylic acid groups (broad SMARTS) is 1. The van der Waals surface area contributed by atoms with Crippen molar-refractivity contribution in [2.24, 2.45) is 11.5 Å². The Balaban J connectivity index is 1.40. The number of fused-ring (bicyclic) bond motifs is 1. The second kappa shape index (κ2) is 29.2. The zero-order valence-corrected chi connectivity index (χ0v) is 44.1. The van der Waals surface area contributed by atoms with E-state index in [0.29, 0.717) is 40.8 Å². The molecule has 1 saturated heterocycles. The number of aromatic nitrogens is 1. The number of carbonyl (C=O) groups is 8. The molecule has 6 rings (SSSR count). The summed E-state index contributed by atoms with van der Waals surface area (Å²) in [6, 6.07) is 20.0. The number of nitrogen functional groups attached to an aromatic ring is 1. The number of aromatic amines is 1. The molecule has 2 heterocycles. The number of nitrogens with one attached hydrogen (secondary N) is 8. The first kappa shape index (κ1) is 58.8. The lowest BCUT2D eigenvalue weighted by molar-refractivity contribution is -0.141. The van der Waals surface area contributed by atoms with Gasteiger partial charge in [0, 0.05) is 60.0 Å². The van der Waals surface area contributed by atoms with E-state index in [1.54, 1.807) is 91.1 Å². The van der Waals surface area contributed by atoms with E-state index in [0.717, 1.165) is 32.5 Å². The van der Waals surface area contributed by atoms with Gasteiger partial charge in [0.05, 0.1) is 12.1 Å². The van der Waals surface area contributed by atoms with Gasteiger partial charge in [-0.3, -0.25) is 33.6 Å². The molecule has 1 aliphatic rings. The fourth-order valence-corrected chi connectivity index (χ4v) is 10.8. The predicted octanol–water partition coefficient (Wildman–Crippen LogP) is 0.731. The molecule has 9 atom stereocenters. The van der Waals surface area contributed by atoms with Crippen molar-refractivity contribution in [2.75, 3.05) is 23.8 Å². The number of carbonyl (C=O) groups excluding carboxylic acids is 7. The first-order chi connectivity index (χ1) is 37.0. The van der Waals surface area contributed by atoms with Crippen molar-refractivity contribution in [1.82, 2.24) is 42.2 Å². The van der Waals surface area contributed by atoms with Crippen LogP contribution >= 0.6 is 21.6 Å². The van der Waals surface area contributed by atoms with Crippen LogP contribution in [0.3, 0.4) is 0 Å². The highest BCUT2D eigenvalue weighted by Crippen LogP contribution is 2.24. The van der Waals surface area contributed by atoms with Gasteiger partial charge in [-0.15, -0.1) is 0 Å². The van der Waals surface area contributed by atoms with Crippen LogP contribution in [0.25, 0.3) is 10.9 Å². The second-order valence-corrected chi connectivity index (χ2v) is 21.3. The Bertz CT molecular complexity index is 2810. The lowest BCUT2D eigenvalue weighted by Gasteiger charge is -2.29. The quantitative estimate of drug-likeness (QED) is 0.0414. The van der Waals surface area contributed by atoms with Gasteiger partial charge in [0.25, 0.3) is 0 Å². The summed E-state index contributed by atoms with van der Waals surface area (Å²) < 4.78 is 0. The van der Waals surface area contributed by atoms with Crippen molar-refractivity contribution >= 4 is 85.5 Å². The number of para-hydroxylation sites is 1. The number of unbranched alkanes of at least 4 members (excludes halogenated alkanes) is 1. The summed E-state index contributed by atoms with van der Waals surface area (Å²) in [6.07, 6.45) is 0.519. The number of rotatable bonds is 14. The molecule has 21 nitrogen and oxygen atoms in total. The molecule has 0 radical (unpaired) electrons. The summed E-state index contributed by atoms with van der Waals surface area (Å²) in [5.74, 6) is -7.55. The fraction of sp³-hybridized carbons (Fsp3) is 0.370. The second-order valence-electron chi connectivity index (χ2n) is 18.8. The molecular weight excluding hydrogens is 1030 g/mol. The van der Waals surface area contributed by atoms with Crippen LogP contribution in [0.5, 0.6) is 0 Å². The minimum Gasteiger partial charge on any atom is -0.480 e. The number of benzene rings is 4. The van der Waals surface area contributed by atoms with Crippen molar-refractivity contribution in [3.8, 4) is 0 Å². The smallest absolute Gasteiger partial charge is 0.327 e. The third-order valence-corrected chi connectivity index (χ3v) is 15.2. The molecule has 16 N–H and O–H groups in total. The van der Waals surface area contributed by atoms with Gasteiger partial charge in [-0.2, -0.15) is 0 Å². The summed E-state index contributed by atoms with van der Waals surface area (Å²) in [6.45, 7) is 1.49. The molecule has 23 heteroatoms. The number of aliphatic carboxylic acids is 1. The van der Waals surface area contributed by atoms with Gasteiger partial charge >= 0.3 is 5.97 Å². The van der Waals surface area contributed by atoms with Crippen LogP contribution in [0.15, 0.2) is 115 Å². The minimum absolute atomic E-state index is 0.00339. The maximum absolute atomic E-state index is 14.9. The van der Waals surface area contributed by atoms with Gasteiger partial charge in [0.1, 0.15) is 42.3 Å². The summed E-state index contributed by atoms with van der Waals surface area (Å²) in [4.78, 5) is 116. The predicted molar refractivity (Wildman–Crippen MR) is 295 cm³/mol. The molecule has 0 spiro atoms. The Hall–Kier alpha value is -7.44. The third kappa shape index (κ3) is 17.8. The Morgan fingerprint density at radius 2 is 1.04 bits per heavy atom. The van der Waals surface area contributed by atoms with Gasteiger partial charge in [0.15, 0.2) is 0 Å². The fourth-order valence-electron chi connectivity index (χ4n) is 8.48. The standard InChI is InChI=1S/C54H67N11O10S2/c1-31(66)46-53(73)63-43(25-33-14-6-3-7-15-33)51(71)64-45(54(74)75)30-77-76-29-38(57)47(67)60-41(24-32-12-4-2-5-13-32)49(69)61-42(26-34-19-21-36(56)22-20-34)50(70)62-44(27-35-28-58-39-17-9-8-16-37(35)39)52(72)59-40(48(68)65-46)18-10-11-23-55/h2-9,12-17,19-22,28,31,38,40-46,58,66H,10-11,18,23-27,29-30,55-57H2,1H3,(H,59,72)(H,60,67)(H,61,69)(H,62,70)(H,63,73)(H,64,71)(H,65,68)(H,74,75)/t31-,38+,40-,41+,42-,43-,44-,45-,46-/m0/s1. The van der Waals surface area contributed by atoms with E-state index in [-0.39, 0.29) is 50.2 Å². The van der Waals surface area contributed by atoms with Gasteiger partial charge in [-0.1, -0.05) is 113 Å². The number of amides is 7. The zero-order valence-electron chi connectivity index (χ0n) is 42.4. The number of hydrogen-bond acceptors (Lipinski definition) is 14. The number of H-pyrrole nitrogens is 1. The molecule has 0 bridgehead atoms. The number of aliphatic hydroxyl groups is 1. The van der Waals surface area contributed by atoms with Crippen molar-refractivity contribution in [3.63, 3.8) is 0 Å². The maximum atomic E-state index is 14.9. The highest BCUT2D eigenvalue weighted by Gasteiger charge is 2.36.